The number of fused-ring (bicyclic) bond motifs is 1. The minimum absolute atomic E-state index is 0.0645. The summed E-state index contributed by atoms with van der Waals surface area (Å²) in [5.74, 6) is 0.186. The van der Waals surface area contributed by atoms with Crippen LogP contribution >= 0.6 is 0 Å². The summed E-state index contributed by atoms with van der Waals surface area (Å²) in [7, 11) is 0. The van der Waals surface area contributed by atoms with E-state index in [0.717, 1.165) is 42.6 Å². The van der Waals surface area contributed by atoms with Gasteiger partial charge in [-0.2, -0.15) is 0 Å². The maximum atomic E-state index is 12.7. The van der Waals surface area contributed by atoms with E-state index in [-0.39, 0.29) is 17.9 Å². The summed E-state index contributed by atoms with van der Waals surface area (Å²) in [6, 6.07) is 6.40. The van der Waals surface area contributed by atoms with Gasteiger partial charge in [0.2, 0.25) is 5.91 Å². The normalized spacial score (nSPS) is 17.0. The van der Waals surface area contributed by atoms with Crippen molar-refractivity contribution in [2.45, 2.75) is 52.1 Å². The molecule has 0 bridgehead atoms. The van der Waals surface area contributed by atoms with E-state index in [2.05, 4.69) is 13.8 Å². The maximum Gasteiger partial charge on any atom is 0.254 e. The van der Waals surface area contributed by atoms with Crippen LogP contribution in [-0.4, -0.2) is 35.3 Å². The average Bonchev–Trinajstić information content (AvgIpc) is 3.15. The molecule has 4 heteroatoms. The molecule has 0 spiro atoms. The second kappa shape index (κ2) is 5.17. The van der Waals surface area contributed by atoms with Crippen LogP contribution in [0.4, 0.5) is 5.69 Å². The van der Waals surface area contributed by atoms with Crippen molar-refractivity contribution in [1.29, 1.82) is 0 Å². The first kappa shape index (κ1) is 14.1. The molecule has 2 amide bonds. The molecule has 0 N–H and O–H groups in total. The predicted octanol–water partition coefficient (Wildman–Crippen LogP) is 2.61. The van der Waals surface area contributed by atoms with Crippen molar-refractivity contribution in [3.8, 4) is 0 Å². The summed E-state index contributed by atoms with van der Waals surface area (Å²) in [6.07, 6.45) is 3.07. The predicted molar refractivity (Wildman–Crippen MR) is 82.5 cm³/mol. The average molecular weight is 286 g/mol. The van der Waals surface area contributed by atoms with Gasteiger partial charge in [-0.15, -0.1) is 0 Å². The lowest BCUT2D eigenvalue weighted by Gasteiger charge is -2.27. The van der Waals surface area contributed by atoms with E-state index in [1.54, 1.807) is 11.8 Å². The van der Waals surface area contributed by atoms with Gasteiger partial charge >= 0.3 is 0 Å². The Morgan fingerprint density at radius 1 is 1.29 bits per heavy atom. The summed E-state index contributed by atoms with van der Waals surface area (Å²) < 4.78 is 0. The van der Waals surface area contributed by atoms with Crippen LogP contribution in [0, 0.1) is 0 Å². The molecule has 21 heavy (non-hydrogen) atoms. The van der Waals surface area contributed by atoms with Gasteiger partial charge in [-0.3, -0.25) is 9.59 Å². The lowest BCUT2D eigenvalue weighted by molar-refractivity contribution is -0.116. The summed E-state index contributed by atoms with van der Waals surface area (Å²) in [6.45, 7) is 6.45. The maximum absolute atomic E-state index is 12.7. The quantitative estimate of drug-likeness (QED) is 0.857. The molecule has 0 atom stereocenters. The lowest BCUT2D eigenvalue weighted by atomic mass is 10.1. The Kier molecular flexibility index (Phi) is 3.47. The molecule has 0 aromatic heterocycles. The van der Waals surface area contributed by atoms with E-state index >= 15 is 0 Å². The first-order chi connectivity index (χ1) is 9.99. The fourth-order valence-corrected chi connectivity index (χ4v) is 3.19. The molecule has 3 rings (SSSR count). The monoisotopic (exact) mass is 286 g/mol. The van der Waals surface area contributed by atoms with E-state index in [9.17, 15) is 9.59 Å². The van der Waals surface area contributed by atoms with Crippen LogP contribution in [0.2, 0.25) is 0 Å². The van der Waals surface area contributed by atoms with Gasteiger partial charge in [0.1, 0.15) is 0 Å². The van der Waals surface area contributed by atoms with Gasteiger partial charge in [0, 0.05) is 36.8 Å². The summed E-state index contributed by atoms with van der Waals surface area (Å²) in [4.78, 5) is 28.1. The number of carbonyl (C=O) groups is 2. The second-order valence-electron chi connectivity index (χ2n) is 6.30. The highest BCUT2D eigenvalue weighted by Crippen LogP contribution is 2.32. The number of hydrogen-bond acceptors (Lipinski definition) is 2. The van der Waals surface area contributed by atoms with Gasteiger partial charge in [0.25, 0.3) is 5.91 Å². The van der Waals surface area contributed by atoms with E-state index in [1.165, 1.54) is 0 Å². The van der Waals surface area contributed by atoms with Gasteiger partial charge < -0.3 is 9.80 Å². The topological polar surface area (TPSA) is 40.6 Å². The number of rotatable bonds is 3. The Balaban J connectivity index is 1.87. The Morgan fingerprint density at radius 2 is 2.00 bits per heavy atom. The molecular weight excluding hydrogens is 264 g/mol. The van der Waals surface area contributed by atoms with Crippen molar-refractivity contribution < 1.29 is 9.59 Å². The van der Waals surface area contributed by atoms with Crippen molar-refractivity contribution in [1.82, 2.24) is 4.90 Å². The number of carbonyl (C=O) groups excluding carboxylic acids is 2. The molecule has 2 aliphatic rings. The molecule has 1 aromatic carbocycles. The Morgan fingerprint density at radius 3 is 2.57 bits per heavy atom. The van der Waals surface area contributed by atoms with Crippen molar-refractivity contribution in [2.24, 2.45) is 0 Å². The minimum Gasteiger partial charge on any atom is -0.333 e. The van der Waals surface area contributed by atoms with Gasteiger partial charge in [0.15, 0.2) is 0 Å². The molecule has 4 nitrogen and oxygen atoms in total. The third kappa shape index (κ3) is 2.55. The minimum atomic E-state index is 0.0645. The molecule has 112 valence electrons. The largest absolute Gasteiger partial charge is 0.333 e. The van der Waals surface area contributed by atoms with Crippen LogP contribution in [0.1, 0.15) is 49.5 Å². The van der Waals surface area contributed by atoms with Crippen LogP contribution in [0.3, 0.4) is 0 Å². The van der Waals surface area contributed by atoms with Crippen molar-refractivity contribution >= 4 is 17.5 Å². The number of amides is 2. The fourth-order valence-electron chi connectivity index (χ4n) is 3.19. The van der Waals surface area contributed by atoms with Crippen molar-refractivity contribution in [3.63, 3.8) is 0 Å². The van der Waals surface area contributed by atoms with Gasteiger partial charge in [-0.05, 0) is 56.9 Å². The number of hydrogen-bond donors (Lipinski definition) is 0. The number of nitrogens with zero attached hydrogens (tertiary/aromatic N) is 2. The van der Waals surface area contributed by atoms with Crippen LogP contribution in [0.25, 0.3) is 0 Å². The highest BCUT2D eigenvalue weighted by Gasteiger charge is 2.35. The zero-order chi connectivity index (χ0) is 15.1. The van der Waals surface area contributed by atoms with E-state index in [4.69, 9.17) is 0 Å². The molecule has 0 saturated heterocycles. The molecule has 0 unspecified atom stereocenters. The van der Waals surface area contributed by atoms with Gasteiger partial charge in [-0.25, -0.2) is 0 Å². The summed E-state index contributed by atoms with van der Waals surface area (Å²) in [5, 5.41) is 0. The van der Waals surface area contributed by atoms with Crippen LogP contribution in [0.5, 0.6) is 0 Å². The molecule has 0 radical (unpaired) electrons. The van der Waals surface area contributed by atoms with E-state index < -0.39 is 0 Å². The van der Waals surface area contributed by atoms with E-state index in [1.807, 2.05) is 23.1 Å². The lowest BCUT2D eigenvalue weighted by Crippen LogP contribution is -2.38. The van der Waals surface area contributed by atoms with Gasteiger partial charge in [0.05, 0.1) is 0 Å². The van der Waals surface area contributed by atoms with Crippen molar-refractivity contribution in [3.05, 3.63) is 29.3 Å². The van der Waals surface area contributed by atoms with Crippen molar-refractivity contribution in [2.75, 3.05) is 11.4 Å². The van der Waals surface area contributed by atoms with E-state index in [0.29, 0.717) is 6.04 Å². The number of anilines is 1. The fraction of sp³-hybridized carbons (Fsp3) is 0.529. The first-order valence-electron chi connectivity index (χ1n) is 7.72. The zero-order valence-corrected chi connectivity index (χ0v) is 12.9. The third-order valence-corrected chi connectivity index (χ3v) is 4.33. The van der Waals surface area contributed by atoms with Crippen LogP contribution < -0.4 is 4.90 Å². The summed E-state index contributed by atoms with van der Waals surface area (Å²) in [5.41, 5.74) is 2.82. The molecule has 1 aliphatic heterocycles. The SMILES string of the molecule is CC(=O)N1CCc2cc(C(=O)N(C(C)C)C3CC3)ccc21. The third-order valence-electron chi connectivity index (χ3n) is 4.33. The molecule has 1 heterocycles. The Hall–Kier alpha value is -1.84. The Bertz CT molecular complexity index is 588. The molecular formula is C17H22N2O2. The molecule has 1 saturated carbocycles. The first-order valence-corrected chi connectivity index (χ1v) is 7.72. The molecule has 1 fully saturated rings. The highest BCUT2D eigenvalue weighted by atomic mass is 16.2. The highest BCUT2D eigenvalue weighted by molar-refractivity contribution is 5.98. The molecule has 1 aromatic rings. The smallest absolute Gasteiger partial charge is 0.254 e. The zero-order valence-electron chi connectivity index (χ0n) is 12.9. The second-order valence-corrected chi connectivity index (χ2v) is 6.30. The molecule has 1 aliphatic carbocycles. The van der Waals surface area contributed by atoms with Gasteiger partial charge in [-0.1, -0.05) is 0 Å². The Labute approximate surface area is 125 Å². The van der Waals surface area contributed by atoms with Crippen LogP contribution in [0.15, 0.2) is 18.2 Å². The number of benzene rings is 1. The van der Waals surface area contributed by atoms with Crippen LogP contribution in [-0.2, 0) is 11.2 Å². The standard InChI is InChI=1S/C17H22N2O2/c1-11(2)19(15-5-6-15)17(21)14-4-7-16-13(10-14)8-9-18(16)12(3)20/h4,7,10-11,15H,5-6,8-9H2,1-3H3. The summed E-state index contributed by atoms with van der Waals surface area (Å²) >= 11 is 0.